The third-order valence-corrected chi connectivity index (χ3v) is 3.09. The highest BCUT2D eigenvalue weighted by atomic mass is 19.1. The average Bonchev–Trinajstić information content (AvgIpc) is 3.01. The number of carbonyl (C=O) groups excluding carboxylic acids is 1. The van der Waals surface area contributed by atoms with Crippen molar-refractivity contribution in [3.8, 4) is 0 Å². The molecule has 1 aromatic rings. The fourth-order valence-corrected chi connectivity index (χ4v) is 1.86. The van der Waals surface area contributed by atoms with E-state index in [4.69, 9.17) is 5.73 Å². The molecular weight excluding hydrogens is 226 g/mol. The number of benzene rings is 1. The van der Waals surface area contributed by atoms with Crippen LogP contribution in [0, 0.1) is 17.6 Å². The Morgan fingerprint density at radius 3 is 2.76 bits per heavy atom. The van der Waals surface area contributed by atoms with Gasteiger partial charge in [-0.15, -0.1) is 0 Å². The average molecular weight is 240 g/mol. The van der Waals surface area contributed by atoms with Crippen molar-refractivity contribution in [3.05, 3.63) is 29.3 Å². The quantitative estimate of drug-likeness (QED) is 0.795. The van der Waals surface area contributed by atoms with Crippen LogP contribution in [0.15, 0.2) is 12.1 Å². The maximum Gasteiger partial charge on any atom is 0.254 e. The van der Waals surface area contributed by atoms with Gasteiger partial charge in [0.25, 0.3) is 5.91 Å². The van der Waals surface area contributed by atoms with E-state index in [0.29, 0.717) is 12.0 Å². The fraction of sp³-hybridized carbons (Fsp3) is 0.417. The van der Waals surface area contributed by atoms with Crippen LogP contribution in [0.5, 0.6) is 0 Å². The van der Waals surface area contributed by atoms with Gasteiger partial charge in [0.2, 0.25) is 0 Å². The molecule has 1 saturated carbocycles. The second-order valence-corrected chi connectivity index (χ2v) is 4.34. The Morgan fingerprint density at radius 2 is 2.18 bits per heavy atom. The molecule has 2 unspecified atom stereocenters. The Morgan fingerprint density at radius 1 is 1.47 bits per heavy atom. The van der Waals surface area contributed by atoms with Gasteiger partial charge in [-0.05, 0) is 18.4 Å². The highest BCUT2D eigenvalue weighted by Gasteiger charge is 2.36. The topological polar surface area (TPSA) is 55.1 Å². The lowest BCUT2D eigenvalue weighted by atomic mass is 10.1. The van der Waals surface area contributed by atoms with Crippen molar-refractivity contribution in [2.24, 2.45) is 5.92 Å². The van der Waals surface area contributed by atoms with Gasteiger partial charge in [0.05, 0.1) is 11.3 Å². The number of nitrogens with one attached hydrogen (secondary N) is 1. The van der Waals surface area contributed by atoms with Crippen LogP contribution in [-0.4, -0.2) is 11.9 Å². The van der Waals surface area contributed by atoms with Crippen LogP contribution >= 0.6 is 0 Å². The highest BCUT2D eigenvalue weighted by Crippen LogP contribution is 2.33. The molecule has 0 bridgehead atoms. The van der Waals surface area contributed by atoms with Crippen LogP contribution in [0.4, 0.5) is 14.5 Å². The van der Waals surface area contributed by atoms with Crippen LogP contribution in [0.3, 0.4) is 0 Å². The molecule has 0 aliphatic heterocycles. The highest BCUT2D eigenvalue weighted by molar-refractivity contribution is 5.95. The molecule has 92 valence electrons. The third kappa shape index (κ3) is 2.38. The molecular formula is C12H14F2N2O. The van der Waals surface area contributed by atoms with Crippen LogP contribution in [0.2, 0.25) is 0 Å². The number of rotatable bonds is 3. The van der Waals surface area contributed by atoms with Crippen LogP contribution in [0.1, 0.15) is 30.1 Å². The zero-order valence-corrected chi connectivity index (χ0v) is 9.47. The van der Waals surface area contributed by atoms with Gasteiger partial charge in [0, 0.05) is 12.1 Å². The van der Waals surface area contributed by atoms with E-state index in [0.717, 1.165) is 18.9 Å². The Hall–Kier alpha value is -1.65. The molecule has 17 heavy (non-hydrogen) atoms. The smallest absolute Gasteiger partial charge is 0.254 e. The van der Waals surface area contributed by atoms with Crippen molar-refractivity contribution in [2.75, 3.05) is 5.73 Å². The van der Waals surface area contributed by atoms with Gasteiger partial charge in [-0.3, -0.25) is 4.79 Å². The summed E-state index contributed by atoms with van der Waals surface area (Å²) < 4.78 is 26.3. The summed E-state index contributed by atoms with van der Waals surface area (Å²) in [6.45, 7) is 2.04. The molecule has 0 aromatic heterocycles. The maximum absolute atomic E-state index is 13.4. The van der Waals surface area contributed by atoms with Crippen molar-refractivity contribution in [3.63, 3.8) is 0 Å². The van der Waals surface area contributed by atoms with E-state index in [2.05, 4.69) is 5.32 Å². The molecule has 2 rings (SSSR count). The van der Waals surface area contributed by atoms with E-state index in [1.54, 1.807) is 0 Å². The lowest BCUT2D eigenvalue weighted by Gasteiger charge is -2.07. The van der Waals surface area contributed by atoms with E-state index >= 15 is 0 Å². The van der Waals surface area contributed by atoms with E-state index in [9.17, 15) is 13.6 Å². The lowest BCUT2D eigenvalue weighted by molar-refractivity contribution is 0.0945. The summed E-state index contributed by atoms with van der Waals surface area (Å²) in [6, 6.07) is 1.77. The number of anilines is 1. The van der Waals surface area contributed by atoms with Crippen molar-refractivity contribution in [1.29, 1.82) is 0 Å². The van der Waals surface area contributed by atoms with E-state index < -0.39 is 17.5 Å². The molecule has 5 heteroatoms. The van der Waals surface area contributed by atoms with Crippen molar-refractivity contribution >= 4 is 11.6 Å². The number of carbonyl (C=O) groups is 1. The molecule has 1 aliphatic carbocycles. The first-order valence-electron chi connectivity index (χ1n) is 5.58. The minimum atomic E-state index is -0.886. The molecule has 1 amide bonds. The van der Waals surface area contributed by atoms with Gasteiger partial charge in [-0.25, -0.2) is 8.78 Å². The van der Waals surface area contributed by atoms with Crippen molar-refractivity contribution < 1.29 is 13.6 Å². The van der Waals surface area contributed by atoms with Crippen LogP contribution < -0.4 is 11.1 Å². The van der Waals surface area contributed by atoms with Crippen molar-refractivity contribution in [1.82, 2.24) is 5.32 Å². The van der Waals surface area contributed by atoms with Crippen LogP contribution in [0.25, 0.3) is 0 Å². The molecule has 3 N–H and O–H groups in total. The van der Waals surface area contributed by atoms with Crippen molar-refractivity contribution in [2.45, 2.75) is 25.8 Å². The number of nitrogens with two attached hydrogens (primary N) is 1. The first kappa shape index (κ1) is 11.8. The summed E-state index contributed by atoms with van der Waals surface area (Å²) in [5, 5.41) is 2.70. The van der Waals surface area contributed by atoms with E-state index in [1.807, 2.05) is 6.92 Å². The minimum absolute atomic E-state index is 0.109. The summed E-state index contributed by atoms with van der Waals surface area (Å²) in [4.78, 5) is 11.7. The zero-order valence-electron chi connectivity index (χ0n) is 9.47. The molecule has 1 aliphatic rings. The first-order chi connectivity index (χ1) is 8.02. The number of nitrogen functional groups attached to an aromatic ring is 1. The molecule has 0 saturated heterocycles. The van der Waals surface area contributed by atoms with Gasteiger partial charge in [-0.1, -0.05) is 13.3 Å². The number of halogens is 2. The Kier molecular flexibility index (Phi) is 3.00. The molecule has 0 spiro atoms. The summed E-state index contributed by atoms with van der Waals surface area (Å²) >= 11 is 0. The predicted molar refractivity (Wildman–Crippen MR) is 60.4 cm³/mol. The van der Waals surface area contributed by atoms with Gasteiger partial charge in [0.15, 0.2) is 0 Å². The third-order valence-electron chi connectivity index (χ3n) is 3.09. The summed E-state index contributed by atoms with van der Waals surface area (Å²) in [7, 11) is 0. The molecule has 3 nitrogen and oxygen atoms in total. The van der Waals surface area contributed by atoms with Gasteiger partial charge in [-0.2, -0.15) is 0 Å². The Bertz CT molecular complexity index is 462. The number of amides is 1. The Labute approximate surface area is 98.0 Å². The fourth-order valence-electron chi connectivity index (χ4n) is 1.86. The van der Waals surface area contributed by atoms with E-state index in [1.165, 1.54) is 0 Å². The second kappa shape index (κ2) is 4.31. The SMILES string of the molecule is CCC1CC1NC(=O)c1cc(N)c(F)cc1F. The molecule has 0 heterocycles. The molecule has 1 fully saturated rings. The summed E-state index contributed by atoms with van der Waals surface area (Å²) in [5.74, 6) is -1.80. The number of hydrogen-bond acceptors (Lipinski definition) is 2. The molecule has 1 aromatic carbocycles. The summed E-state index contributed by atoms with van der Waals surface area (Å²) in [6.07, 6.45) is 1.90. The predicted octanol–water partition coefficient (Wildman–Crippen LogP) is 2.08. The maximum atomic E-state index is 13.4. The van der Waals surface area contributed by atoms with Gasteiger partial charge in [0.1, 0.15) is 11.6 Å². The zero-order chi connectivity index (χ0) is 12.6. The standard InChI is InChI=1S/C12H14F2N2O/c1-2-6-3-11(6)16-12(17)7-4-10(15)9(14)5-8(7)13/h4-6,11H,2-3,15H2,1H3,(H,16,17). The number of hydrogen-bond donors (Lipinski definition) is 2. The monoisotopic (exact) mass is 240 g/mol. The largest absolute Gasteiger partial charge is 0.396 e. The first-order valence-corrected chi connectivity index (χ1v) is 5.58. The molecule has 0 radical (unpaired) electrons. The van der Waals surface area contributed by atoms with E-state index in [-0.39, 0.29) is 17.3 Å². The minimum Gasteiger partial charge on any atom is -0.396 e. The van der Waals surface area contributed by atoms with Gasteiger partial charge >= 0.3 is 0 Å². The normalized spacial score (nSPS) is 22.3. The Balaban J connectivity index is 2.12. The van der Waals surface area contributed by atoms with Gasteiger partial charge < -0.3 is 11.1 Å². The lowest BCUT2D eigenvalue weighted by Crippen LogP contribution is -2.27. The van der Waals surface area contributed by atoms with Crippen LogP contribution in [-0.2, 0) is 0 Å². The summed E-state index contributed by atoms with van der Waals surface area (Å²) in [5.41, 5.74) is 4.88. The molecule has 2 atom stereocenters. The second-order valence-electron chi connectivity index (χ2n) is 4.34.